The molecule has 1 aromatic carbocycles. The second-order valence-corrected chi connectivity index (χ2v) is 8.50. The highest BCUT2D eigenvalue weighted by atomic mass is 19.2. The molecule has 0 radical (unpaired) electrons. The first kappa shape index (κ1) is 23.8. The normalized spacial score (nSPS) is 15.5. The molecule has 1 fully saturated rings. The van der Waals surface area contributed by atoms with Crippen molar-refractivity contribution < 1.29 is 13.6 Å². The van der Waals surface area contributed by atoms with Crippen LogP contribution in [0.5, 0.6) is 0 Å². The summed E-state index contributed by atoms with van der Waals surface area (Å²) in [5.74, 6) is -1.46. The van der Waals surface area contributed by atoms with Crippen LogP contribution in [0.25, 0.3) is 0 Å². The van der Waals surface area contributed by atoms with Crippen LogP contribution in [0.4, 0.5) is 8.78 Å². The Labute approximate surface area is 197 Å². The van der Waals surface area contributed by atoms with Crippen LogP contribution in [0.3, 0.4) is 0 Å². The molecule has 0 N–H and O–H groups in total. The number of benzene rings is 1. The minimum absolute atomic E-state index is 0.0294. The van der Waals surface area contributed by atoms with E-state index in [0.29, 0.717) is 29.5 Å². The minimum Gasteiger partial charge on any atom is -0.396 e. The number of aromatic nitrogens is 2. The average Bonchev–Trinajstić information content (AvgIpc) is 2.85. The standard InChI is InChI=1S/C26H28F2N4O2/c1-3-34-30-26(21-5-6-22(27)23(28)14-21)24-7-4-18(16-29-24)17-32-12-9-19(10-13-32)20-8-11-31(2)25(33)15-20/h4-8,11,14-16,19H,3,9-10,12-13,17H2,1-2H3/b30-26+. The van der Waals surface area contributed by atoms with E-state index in [1.807, 2.05) is 24.4 Å². The summed E-state index contributed by atoms with van der Waals surface area (Å²) in [5.41, 5.74) is 3.46. The van der Waals surface area contributed by atoms with E-state index in [4.69, 9.17) is 4.84 Å². The van der Waals surface area contributed by atoms with Gasteiger partial charge in [0, 0.05) is 37.6 Å². The highest BCUT2D eigenvalue weighted by Gasteiger charge is 2.21. The summed E-state index contributed by atoms with van der Waals surface area (Å²) in [7, 11) is 1.76. The van der Waals surface area contributed by atoms with E-state index < -0.39 is 11.6 Å². The number of aryl methyl sites for hydroxylation is 1. The SMILES string of the molecule is CCO/N=C(\c1ccc(F)c(F)c1)c1ccc(CN2CCC(c3ccn(C)c(=O)c3)CC2)cn1. The molecule has 6 nitrogen and oxygen atoms in total. The molecule has 0 unspecified atom stereocenters. The van der Waals surface area contributed by atoms with E-state index in [1.165, 1.54) is 6.07 Å². The van der Waals surface area contributed by atoms with Crippen molar-refractivity contribution in [3.05, 3.63) is 99.2 Å². The van der Waals surface area contributed by atoms with Crippen molar-refractivity contribution in [3.8, 4) is 0 Å². The molecule has 0 saturated carbocycles. The molecule has 8 heteroatoms. The fourth-order valence-electron chi connectivity index (χ4n) is 4.18. The van der Waals surface area contributed by atoms with Crippen LogP contribution in [0, 0.1) is 11.6 Å². The summed E-state index contributed by atoms with van der Waals surface area (Å²) in [6.45, 7) is 4.78. The molecule has 3 heterocycles. The maximum absolute atomic E-state index is 13.8. The first-order valence-electron chi connectivity index (χ1n) is 11.4. The summed E-state index contributed by atoms with van der Waals surface area (Å²) in [4.78, 5) is 24.0. The molecule has 3 aromatic rings. The molecule has 1 aliphatic heterocycles. The predicted octanol–water partition coefficient (Wildman–Crippen LogP) is 4.23. The zero-order chi connectivity index (χ0) is 24.1. The minimum atomic E-state index is -0.947. The number of likely N-dealkylation sites (tertiary alicyclic amines) is 1. The number of pyridine rings is 2. The lowest BCUT2D eigenvalue weighted by molar-refractivity contribution is 0.159. The Morgan fingerprint density at radius 3 is 2.56 bits per heavy atom. The predicted molar refractivity (Wildman–Crippen MR) is 127 cm³/mol. The molecular formula is C26H28F2N4O2. The Bertz CT molecular complexity index is 1220. The van der Waals surface area contributed by atoms with Gasteiger partial charge in [0.2, 0.25) is 0 Å². The zero-order valence-electron chi connectivity index (χ0n) is 19.4. The Morgan fingerprint density at radius 1 is 1.12 bits per heavy atom. The summed E-state index contributed by atoms with van der Waals surface area (Å²) in [6.07, 6.45) is 5.62. The number of oxime groups is 1. The maximum Gasteiger partial charge on any atom is 0.250 e. The van der Waals surface area contributed by atoms with Crippen molar-refractivity contribution in [1.29, 1.82) is 0 Å². The highest BCUT2D eigenvalue weighted by molar-refractivity contribution is 6.11. The number of rotatable bonds is 7. The number of piperidine rings is 1. The molecule has 0 bridgehead atoms. The fourth-order valence-corrected chi connectivity index (χ4v) is 4.18. The Balaban J connectivity index is 1.41. The topological polar surface area (TPSA) is 59.7 Å². The van der Waals surface area contributed by atoms with Crippen LogP contribution >= 0.6 is 0 Å². The van der Waals surface area contributed by atoms with E-state index in [0.717, 1.165) is 55.7 Å². The third-order valence-electron chi connectivity index (χ3n) is 6.14. The second kappa shape index (κ2) is 10.7. The third-order valence-corrected chi connectivity index (χ3v) is 6.14. The fraction of sp³-hybridized carbons (Fsp3) is 0.346. The van der Waals surface area contributed by atoms with E-state index in [2.05, 4.69) is 15.0 Å². The first-order valence-corrected chi connectivity index (χ1v) is 11.4. The number of halogens is 2. The van der Waals surface area contributed by atoms with Gasteiger partial charge in [-0.1, -0.05) is 11.2 Å². The molecule has 34 heavy (non-hydrogen) atoms. The molecule has 0 spiro atoms. The molecule has 1 saturated heterocycles. The van der Waals surface area contributed by atoms with Crippen LogP contribution in [0.1, 0.15) is 48.1 Å². The van der Waals surface area contributed by atoms with Crippen molar-refractivity contribution in [2.45, 2.75) is 32.2 Å². The van der Waals surface area contributed by atoms with Gasteiger partial charge in [0.15, 0.2) is 11.6 Å². The van der Waals surface area contributed by atoms with Gasteiger partial charge in [-0.2, -0.15) is 0 Å². The zero-order valence-corrected chi connectivity index (χ0v) is 19.4. The van der Waals surface area contributed by atoms with Gasteiger partial charge in [-0.05, 0) is 80.2 Å². The summed E-state index contributed by atoms with van der Waals surface area (Å²) >= 11 is 0. The lowest BCUT2D eigenvalue weighted by Crippen LogP contribution is -2.33. The van der Waals surface area contributed by atoms with Gasteiger partial charge in [0.25, 0.3) is 5.56 Å². The lowest BCUT2D eigenvalue weighted by atomic mass is 9.90. The van der Waals surface area contributed by atoms with Gasteiger partial charge < -0.3 is 9.40 Å². The van der Waals surface area contributed by atoms with Gasteiger partial charge in [-0.25, -0.2) is 8.78 Å². The van der Waals surface area contributed by atoms with E-state index in [1.54, 1.807) is 30.8 Å². The van der Waals surface area contributed by atoms with E-state index >= 15 is 0 Å². The van der Waals surface area contributed by atoms with Gasteiger partial charge in [-0.3, -0.25) is 14.7 Å². The van der Waals surface area contributed by atoms with Crippen molar-refractivity contribution in [2.75, 3.05) is 19.7 Å². The van der Waals surface area contributed by atoms with Crippen molar-refractivity contribution in [2.24, 2.45) is 12.2 Å². The second-order valence-electron chi connectivity index (χ2n) is 8.50. The smallest absolute Gasteiger partial charge is 0.250 e. The summed E-state index contributed by atoms with van der Waals surface area (Å²) < 4.78 is 28.7. The highest BCUT2D eigenvalue weighted by Crippen LogP contribution is 2.27. The van der Waals surface area contributed by atoms with Crippen molar-refractivity contribution in [1.82, 2.24) is 14.5 Å². The van der Waals surface area contributed by atoms with Gasteiger partial charge in [-0.15, -0.1) is 0 Å². The van der Waals surface area contributed by atoms with Crippen LogP contribution in [0.2, 0.25) is 0 Å². The molecule has 178 valence electrons. The molecule has 0 amide bonds. The van der Waals surface area contributed by atoms with Crippen LogP contribution in [-0.2, 0) is 18.4 Å². The summed E-state index contributed by atoms with van der Waals surface area (Å²) in [6, 6.07) is 11.2. The number of hydrogen-bond donors (Lipinski definition) is 0. The van der Waals surface area contributed by atoms with Gasteiger partial charge in [0.1, 0.15) is 12.3 Å². The van der Waals surface area contributed by atoms with Gasteiger partial charge in [0.05, 0.1) is 5.69 Å². The third kappa shape index (κ3) is 5.56. The Kier molecular flexibility index (Phi) is 7.47. The van der Waals surface area contributed by atoms with Crippen molar-refractivity contribution >= 4 is 5.71 Å². The van der Waals surface area contributed by atoms with E-state index in [9.17, 15) is 13.6 Å². The summed E-state index contributed by atoms with van der Waals surface area (Å²) in [5, 5.41) is 4.08. The number of hydrogen-bond acceptors (Lipinski definition) is 5. The molecule has 2 aromatic heterocycles. The van der Waals surface area contributed by atoms with Gasteiger partial charge >= 0.3 is 0 Å². The molecular weight excluding hydrogens is 438 g/mol. The lowest BCUT2D eigenvalue weighted by Gasteiger charge is -2.32. The molecule has 0 aliphatic carbocycles. The van der Waals surface area contributed by atoms with Crippen LogP contribution < -0.4 is 5.56 Å². The van der Waals surface area contributed by atoms with Crippen LogP contribution in [0.15, 0.2) is 64.8 Å². The first-order chi connectivity index (χ1) is 16.4. The average molecular weight is 467 g/mol. The molecule has 4 rings (SSSR count). The number of nitrogens with zero attached hydrogens (tertiary/aromatic N) is 4. The largest absolute Gasteiger partial charge is 0.396 e. The Hall–Kier alpha value is -3.39. The monoisotopic (exact) mass is 466 g/mol. The van der Waals surface area contributed by atoms with Crippen molar-refractivity contribution in [3.63, 3.8) is 0 Å². The quantitative estimate of drug-likeness (QED) is 0.386. The maximum atomic E-state index is 13.8. The van der Waals surface area contributed by atoms with E-state index in [-0.39, 0.29) is 5.56 Å². The molecule has 0 atom stereocenters. The molecule has 1 aliphatic rings. The Morgan fingerprint density at radius 2 is 1.91 bits per heavy atom. The van der Waals surface area contributed by atoms with Crippen LogP contribution in [-0.4, -0.2) is 39.9 Å².